The van der Waals surface area contributed by atoms with Gasteiger partial charge in [-0.25, -0.2) is 4.98 Å². The maximum absolute atomic E-state index is 11.9. The number of anilines is 1. The molecule has 3 aromatic rings. The molecule has 22 heavy (non-hydrogen) atoms. The van der Waals surface area contributed by atoms with Crippen molar-refractivity contribution in [3.63, 3.8) is 0 Å². The molecule has 112 valence electrons. The van der Waals surface area contributed by atoms with E-state index < -0.39 is 0 Å². The van der Waals surface area contributed by atoms with E-state index >= 15 is 0 Å². The Hall–Kier alpha value is -2.16. The molecule has 0 spiro atoms. The Balaban J connectivity index is 1.76. The molecule has 0 aliphatic rings. The van der Waals surface area contributed by atoms with Gasteiger partial charge in [-0.3, -0.25) is 9.48 Å². The minimum Gasteiger partial charge on any atom is -0.451 e. The third-order valence-electron chi connectivity index (χ3n) is 3.12. The van der Waals surface area contributed by atoms with E-state index in [2.05, 4.69) is 38.0 Å². The van der Waals surface area contributed by atoms with Crippen molar-refractivity contribution in [3.8, 4) is 0 Å². The molecule has 0 aliphatic carbocycles. The average Bonchev–Trinajstić information content (AvgIpc) is 3.01. The van der Waals surface area contributed by atoms with Gasteiger partial charge in [0.25, 0.3) is 0 Å². The molecule has 6 nitrogen and oxygen atoms in total. The standard InChI is InChI=1S/C15H13IN4O2/c1-9-12-7-10(8-17-15(12)20(2)19-9)18-14(21)6-4-11-3-5-13(16)22-11/h3-8H,1-2H3,(H,18,21)/b6-4+. The second-order valence-corrected chi connectivity index (χ2v) is 5.83. The minimum absolute atomic E-state index is 0.242. The van der Waals surface area contributed by atoms with Crippen molar-refractivity contribution >= 4 is 51.3 Å². The van der Waals surface area contributed by atoms with Crippen LogP contribution in [0.1, 0.15) is 11.5 Å². The Morgan fingerprint density at radius 1 is 1.45 bits per heavy atom. The van der Waals surface area contributed by atoms with E-state index in [4.69, 9.17) is 4.42 Å². The zero-order chi connectivity index (χ0) is 15.7. The van der Waals surface area contributed by atoms with Gasteiger partial charge in [0.15, 0.2) is 9.41 Å². The number of furan rings is 1. The summed E-state index contributed by atoms with van der Waals surface area (Å²) in [7, 11) is 1.84. The highest BCUT2D eigenvalue weighted by Crippen LogP contribution is 2.19. The van der Waals surface area contributed by atoms with Gasteiger partial charge in [0, 0.05) is 18.5 Å². The number of aryl methyl sites for hydroxylation is 2. The van der Waals surface area contributed by atoms with Crippen LogP contribution in [0.15, 0.2) is 34.9 Å². The van der Waals surface area contributed by atoms with Crippen molar-refractivity contribution in [1.82, 2.24) is 14.8 Å². The molecule has 0 saturated carbocycles. The number of hydrogen-bond donors (Lipinski definition) is 1. The highest BCUT2D eigenvalue weighted by atomic mass is 127. The number of halogens is 1. The summed E-state index contributed by atoms with van der Waals surface area (Å²) in [5, 5.41) is 8.00. The summed E-state index contributed by atoms with van der Waals surface area (Å²) in [5.74, 6) is 0.394. The molecule has 0 aromatic carbocycles. The fourth-order valence-electron chi connectivity index (χ4n) is 2.14. The first-order valence-electron chi connectivity index (χ1n) is 6.56. The number of rotatable bonds is 3. The van der Waals surface area contributed by atoms with Crippen LogP contribution in [-0.4, -0.2) is 20.7 Å². The van der Waals surface area contributed by atoms with Crippen LogP contribution in [0.5, 0.6) is 0 Å². The van der Waals surface area contributed by atoms with E-state index in [1.54, 1.807) is 23.0 Å². The van der Waals surface area contributed by atoms with Crippen molar-refractivity contribution in [3.05, 3.63) is 45.7 Å². The van der Waals surface area contributed by atoms with Crippen molar-refractivity contribution in [2.24, 2.45) is 7.05 Å². The third kappa shape index (κ3) is 3.03. The molecule has 3 aromatic heterocycles. The molecule has 1 N–H and O–H groups in total. The summed E-state index contributed by atoms with van der Waals surface area (Å²) < 4.78 is 7.85. The number of pyridine rings is 1. The molecule has 0 radical (unpaired) electrons. The number of hydrogen-bond acceptors (Lipinski definition) is 4. The van der Waals surface area contributed by atoms with Crippen molar-refractivity contribution in [2.45, 2.75) is 6.92 Å². The van der Waals surface area contributed by atoms with E-state index in [1.807, 2.05) is 26.1 Å². The monoisotopic (exact) mass is 408 g/mol. The van der Waals surface area contributed by atoms with Gasteiger partial charge < -0.3 is 9.73 Å². The Bertz CT molecular complexity index is 879. The smallest absolute Gasteiger partial charge is 0.248 e. The van der Waals surface area contributed by atoms with Crippen LogP contribution in [-0.2, 0) is 11.8 Å². The van der Waals surface area contributed by atoms with Crippen molar-refractivity contribution < 1.29 is 9.21 Å². The number of fused-ring (bicyclic) bond motifs is 1. The first kappa shape index (κ1) is 14.8. The summed E-state index contributed by atoms with van der Waals surface area (Å²) in [5.41, 5.74) is 2.30. The van der Waals surface area contributed by atoms with Crippen LogP contribution in [0.4, 0.5) is 5.69 Å². The molecule has 0 atom stereocenters. The van der Waals surface area contributed by atoms with Crippen molar-refractivity contribution in [2.75, 3.05) is 5.32 Å². The van der Waals surface area contributed by atoms with Gasteiger partial charge in [-0.1, -0.05) is 0 Å². The predicted octanol–water partition coefficient (Wildman–Crippen LogP) is 3.13. The number of nitrogens with one attached hydrogen (secondary N) is 1. The highest BCUT2D eigenvalue weighted by Gasteiger charge is 2.08. The number of aromatic nitrogens is 3. The molecular formula is C15H13IN4O2. The van der Waals surface area contributed by atoms with Gasteiger partial charge in [0.1, 0.15) is 5.76 Å². The van der Waals surface area contributed by atoms with E-state index in [0.29, 0.717) is 11.4 Å². The number of amides is 1. The predicted molar refractivity (Wildman–Crippen MR) is 92.3 cm³/mol. The van der Waals surface area contributed by atoms with Crippen LogP contribution >= 0.6 is 22.6 Å². The Morgan fingerprint density at radius 2 is 2.27 bits per heavy atom. The Kier molecular flexibility index (Phi) is 3.97. The lowest BCUT2D eigenvalue weighted by Crippen LogP contribution is -2.08. The van der Waals surface area contributed by atoms with E-state index in [9.17, 15) is 4.79 Å². The van der Waals surface area contributed by atoms with Crippen LogP contribution in [0.25, 0.3) is 17.1 Å². The van der Waals surface area contributed by atoms with Crippen LogP contribution in [0.2, 0.25) is 0 Å². The third-order valence-corrected chi connectivity index (χ3v) is 3.70. The SMILES string of the molecule is Cc1nn(C)c2ncc(NC(=O)/C=C/c3ccc(I)o3)cc12. The normalized spacial score (nSPS) is 11.4. The highest BCUT2D eigenvalue weighted by molar-refractivity contribution is 14.1. The lowest BCUT2D eigenvalue weighted by Gasteiger charge is -2.02. The van der Waals surface area contributed by atoms with E-state index in [0.717, 1.165) is 20.5 Å². The molecule has 0 saturated heterocycles. The summed E-state index contributed by atoms with van der Waals surface area (Å²) in [6.45, 7) is 1.91. The summed E-state index contributed by atoms with van der Waals surface area (Å²) in [6, 6.07) is 5.51. The number of carbonyl (C=O) groups excluding carboxylic acids is 1. The van der Waals surface area contributed by atoms with Crippen molar-refractivity contribution in [1.29, 1.82) is 0 Å². The van der Waals surface area contributed by atoms with Gasteiger partial charge in [-0.15, -0.1) is 0 Å². The lowest BCUT2D eigenvalue weighted by atomic mass is 10.2. The molecule has 3 rings (SSSR count). The first-order chi connectivity index (χ1) is 10.5. The first-order valence-corrected chi connectivity index (χ1v) is 7.64. The number of nitrogens with zero attached hydrogens (tertiary/aromatic N) is 3. The zero-order valence-electron chi connectivity index (χ0n) is 12.0. The van der Waals surface area contributed by atoms with Crippen LogP contribution in [0.3, 0.4) is 0 Å². The average molecular weight is 408 g/mol. The zero-order valence-corrected chi connectivity index (χ0v) is 14.2. The maximum Gasteiger partial charge on any atom is 0.248 e. The Morgan fingerprint density at radius 3 is 3.00 bits per heavy atom. The van der Waals surface area contributed by atoms with Gasteiger partial charge in [-0.05, 0) is 53.8 Å². The summed E-state index contributed by atoms with van der Waals surface area (Å²) >= 11 is 2.07. The minimum atomic E-state index is -0.242. The molecule has 1 amide bonds. The Labute approximate surface area is 140 Å². The van der Waals surface area contributed by atoms with Gasteiger partial charge >= 0.3 is 0 Å². The lowest BCUT2D eigenvalue weighted by molar-refractivity contribution is -0.111. The van der Waals surface area contributed by atoms with E-state index in [1.165, 1.54) is 6.08 Å². The largest absolute Gasteiger partial charge is 0.451 e. The molecule has 0 unspecified atom stereocenters. The summed E-state index contributed by atoms with van der Waals surface area (Å²) in [6.07, 6.45) is 4.67. The maximum atomic E-state index is 11.9. The second kappa shape index (κ2) is 5.91. The molecular weight excluding hydrogens is 395 g/mol. The molecule has 7 heteroatoms. The summed E-state index contributed by atoms with van der Waals surface area (Å²) in [4.78, 5) is 16.2. The molecule has 0 aliphatic heterocycles. The molecule has 3 heterocycles. The van der Waals surface area contributed by atoms with Gasteiger partial charge in [-0.2, -0.15) is 5.10 Å². The van der Waals surface area contributed by atoms with E-state index in [-0.39, 0.29) is 5.91 Å². The molecule has 0 fully saturated rings. The number of carbonyl (C=O) groups is 1. The topological polar surface area (TPSA) is 73.0 Å². The van der Waals surface area contributed by atoms with Crippen LogP contribution in [0, 0.1) is 10.7 Å². The quantitative estimate of drug-likeness (QED) is 0.534. The van der Waals surface area contributed by atoms with Crippen LogP contribution < -0.4 is 5.32 Å². The molecule has 0 bridgehead atoms. The van der Waals surface area contributed by atoms with Gasteiger partial charge in [0.05, 0.1) is 17.6 Å². The van der Waals surface area contributed by atoms with Gasteiger partial charge in [0.2, 0.25) is 5.91 Å². The fourth-order valence-corrected chi connectivity index (χ4v) is 2.57. The fraction of sp³-hybridized carbons (Fsp3) is 0.133. The second-order valence-electron chi connectivity index (χ2n) is 4.77.